The zero-order chi connectivity index (χ0) is 10.5. The summed E-state index contributed by atoms with van der Waals surface area (Å²) >= 11 is 0. The Hall–Kier alpha value is -0.823. The average Bonchev–Trinajstić information content (AvgIpc) is 1.95. The Bertz CT molecular complexity index is 232. The van der Waals surface area contributed by atoms with Crippen LogP contribution in [-0.2, 0) is 9.53 Å². The van der Waals surface area contributed by atoms with Crippen LogP contribution >= 0.6 is 0 Å². The van der Waals surface area contributed by atoms with Crippen LogP contribution in [-0.4, -0.2) is 26.8 Å². The van der Waals surface area contributed by atoms with Gasteiger partial charge < -0.3 is 4.74 Å². The number of halogens is 1. The highest BCUT2D eigenvalue weighted by Crippen LogP contribution is 1.96. The van der Waals surface area contributed by atoms with Crippen molar-refractivity contribution in [2.75, 3.05) is 6.61 Å². The van der Waals surface area contributed by atoms with E-state index in [0.29, 0.717) is 0 Å². The molecule has 0 amide bonds. The van der Waals surface area contributed by atoms with Gasteiger partial charge in [-0.1, -0.05) is 25.6 Å². The fourth-order valence-electron chi connectivity index (χ4n) is 0.523. The predicted octanol–water partition coefficient (Wildman–Crippen LogP) is 1.77. The van der Waals surface area contributed by atoms with Crippen LogP contribution < -0.4 is 0 Å². The highest BCUT2D eigenvalue weighted by atomic mass is 28.3. The number of hydrogen-bond donors (Lipinski definition) is 0. The van der Waals surface area contributed by atoms with Crippen molar-refractivity contribution in [3.8, 4) is 11.5 Å². The van der Waals surface area contributed by atoms with Gasteiger partial charge in [-0.15, -0.1) is 5.54 Å². The first-order valence-corrected chi connectivity index (χ1v) is 7.63. The number of rotatable bonds is 2. The lowest BCUT2D eigenvalue weighted by molar-refractivity contribution is -0.147. The van der Waals surface area contributed by atoms with Crippen molar-refractivity contribution >= 4 is 14.0 Å². The standard InChI is InChI=1S/C9H15FO2Si/c1-8(10)9(11)12-6-5-7-13(2,3)4/h8H,6H2,1-4H3. The van der Waals surface area contributed by atoms with Crippen LogP contribution in [0.4, 0.5) is 4.39 Å². The molecule has 0 rings (SSSR count). The van der Waals surface area contributed by atoms with Gasteiger partial charge in [-0.2, -0.15) is 0 Å². The predicted molar refractivity (Wildman–Crippen MR) is 52.7 cm³/mol. The molecule has 0 saturated heterocycles. The molecule has 0 saturated carbocycles. The molecule has 74 valence electrons. The maximum atomic E-state index is 12.2. The van der Waals surface area contributed by atoms with Crippen LogP contribution in [0.5, 0.6) is 0 Å². The van der Waals surface area contributed by atoms with Crippen molar-refractivity contribution in [2.45, 2.75) is 32.7 Å². The number of ether oxygens (including phenoxy) is 1. The van der Waals surface area contributed by atoms with Crippen molar-refractivity contribution in [3.63, 3.8) is 0 Å². The molecule has 0 aliphatic rings. The van der Waals surface area contributed by atoms with E-state index in [2.05, 4.69) is 35.8 Å². The van der Waals surface area contributed by atoms with Gasteiger partial charge in [-0.05, 0) is 6.92 Å². The Morgan fingerprint density at radius 1 is 1.54 bits per heavy atom. The van der Waals surface area contributed by atoms with E-state index in [1.54, 1.807) is 0 Å². The second kappa shape index (κ2) is 5.03. The maximum Gasteiger partial charge on any atom is 0.341 e. The van der Waals surface area contributed by atoms with Crippen molar-refractivity contribution in [1.29, 1.82) is 0 Å². The van der Waals surface area contributed by atoms with Crippen molar-refractivity contribution in [1.82, 2.24) is 0 Å². The zero-order valence-corrected chi connectivity index (χ0v) is 9.48. The molecule has 0 aromatic carbocycles. The van der Waals surface area contributed by atoms with Gasteiger partial charge in [0.1, 0.15) is 8.07 Å². The smallest absolute Gasteiger partial charge is 0.341 e. The molecule has 0 aliphatic carbocycles. The average molecular weight is 202 g/mol. The first-order valence-electron chi connectivity index (χ1n) is 4.13. The number of alkyl halides is 1. The first-order chi connectivity index (χ1) is 5.83. The Morgan fingerprint density at radius 2 is 2.08 bits per heavy atom. The van der Waals surface area contributed by atoms with Crippen molar-refractivity contribution in [2.24, 2.45) is 0 Å². The molecule has 13 heavy (non-hydrogen) atoms. The molecule has 0 spiro atoms. The SMILES string of the molecule is CC(F)C(=O)OCC#C[Si](C)(C)C. The van der Waals surface area contributed by atoms with Gasteiger partial charge in [-0.25, -0.2) is 9.18 Å². The fraction of sp³-hybridized carbons (Fsp3) is 0.667. The van der Waals surface area contributed by atoms with Gasteiger partial charge in [-0.3, -0.25) is 0 Å². The number of carbonyl (C=O) groups is 1. The summed E-state index contributed by atoms with van der Waals surface area (Å²) in [5.41, 5.74) is 3.01. The molecule has 4 heteroatoms. The van der Waals surface area contributed by atoms with Gasteiger partial charge in [0.2, 0.25) is 0 Å². The van der Waals surface area contributed by atoms with Gasteiger partial charge >= 0.3 is 5.97 Å². The molecule has 0 fully saturated rings. The highest BCUT2D eigenvalue weighted by Gasteiger charge is 2.11. The molecule has 0 bridgehead atoms. The van der Waals surface area contributed by atoms with Gasteiger partial charge in [0.25, 0.3) is 0 Å². The van der Waals surface area contributed by atoms with E-state index in [-0.39, 0.29) is 6.61 Å². The van der Waals surface area contributed by atoms with Gasteiger partial charge in [0.15, 0.2) is 12.8 Å². The molecule has 0 radical (unpaired) electrons. The summed E-state index contributed by atoms with van der Waals surface area (Å²) in [6.45, 7) is 7.39. The van der Waals surface area contributed by atoms with Crippen LogP contribution in [0.25, 0.3) is 0 Å². The lowest BCUT2D eigenvalue weighted by Gasteiger charge is -2.04. The number of hydrogen-bond acceptors (Lipinski definition) is 2. The molecular weight excluding hydrogens is 187 g/mol. The Kier molecular flexibility index (Phi) is 4.71. The fourth-order valence-corrected chi connectivity index (χ4v) is 1.13. The second-order valence-corrected chi connectivity index (χ2v) is 8.53. The molecule has 0 aromatic heterocycles. The van der Waals surface area contributed by atoms with E-state index >= 15 is 0 Å². The summed E-state index contributed by atoms with van der Waals surface area (Å²) in [7, 11) is -1.40. The first kappa shape index (κ1) is 12.2. The molecule has 0 heterocycles. The Morgan fingerprint density at radius 3 is 2.46 bits per heavy atom. The van der Waals surface area contributed by atoms with Crippen molar-refractivity contribution in [3.05, 3.63) is 0 Å². The normalized spacial score (nSPS) is 12.7. The minimum absolute atomic E-state index is 0.00262. The van der Waals surface area contributed by atoms with Crippen LogP contribution in [0.15, 0.2) is 0 Å². The minimum atomic E-state index is -1.56. The molecule has 0 aromatic rings. The van der Waals surface area contributed by atoms with E-state index in [0.717, 1.165) is 6.92 Å². The summed E-state index contributed by atoms with van der Waals surface area (Å²) in [4.78, 5) is 10.6. The van der Waals surface area contributed by atoms with E-state index in [4.69, 9.17) is 0 Å². The Labute approximate surface area is 79.5 Å². The molecule has 1 atom stereocenters. The molecule has 1 unspecified atom stereocenters. The quantitative estimate of drug-likeness (QED) is 0.387. The summed E-state index contributed by atoms with van der Waals surface area (Å²) in [5.74, 6) is 1.87. The third-order valence-corrected chi connectivity index (χ3v) is 2.00. The number of esters is 1. The Balaban J connectivity index is 3.79. The number of carbonyl (C=O) groups excluding carboxylic acids is 1. The van der Waals surface area contributed by atoms with E-state index in [1.807, 2.05) is 0 Å². The third kappa shape index (κ3) is 7.53. The van der Waals surface area contributed by atoms with Crippen LogP contribution in [0.3, 0.4) is 0 Å². The summed E-state index contributed by atoms with van der Waals surface area (Å²) in [6, 6.07) is 0. The minimum Gasteiger partial charge on any atom is -0.450 e. The monoisotopic (exact) mass is 202 g/mol. The highest BCUT2D eigenvalue weighted by molar-refractivity contribution is 6.83. The third-order valence-electron chi connectivity index (χ3n) is 1.07. The van der Waals surface area contributed by atoms with E-state index < -0.39 is 20.2 Å². The second-order valence-electron chi connectivity index (χ2n) is 3.78. The molecular formula is C9H15FO2Si. The van der Waals surface area contributed by atoms with Crippen LogP contribution in [0, 0.1) is 11.5 Å². The summed E-state index contributed by atoms with van der Waals surface area (Å²) < 4.78 is 16.8. The molecule has 2 nitrogen and oxygen atoms in total. The van der Waals surface area contributed by atoms with Crippen molar-refractivity contribution < 1.29 is 13.9 Å². The molecule has 0 N–H and O–H groups in total. The van der Waals surface area contributed by atoms with Gasteiger partial charge in [0, 0.05) is 0 Å². The molecule has 0 aliphatic heterocycles. The topological polar surface area (TPSA) is 26.3 Å². The largest absolute Gasteiger partial charge is 0.450 e. The van der Waals surface area contributed by atoms with E-state index in [1.165, 1.54) is 0 Å². The summed E-state index contributed by atoms with van der Waals surface area (Å²) in [6.07, 6.45) is -1.56. The lowest BCUT2D eigenvalue weighted by Crippen LogP contribution is -2.18. The van der Waals surface area contributed by atoms with Gasteiger partial charge in [0.05, 0.1) is 0 Å². The van der Waals surface area contributed by atoms with E-state index in [9.17, 15) is 9.18 Å². The summed E-state index contributed by atoms with van der Waals surface area (Å²) in [5, 5.41) is 0. The van der Waals surface area contributed by atoms with Crippen LogP contribution in [0.2, 0.25) is 19.6 Å². The van der Waals surface area contributed by atoms with Crippen LogP contribution in [0.1, 0.15) is 6.92 Å². The lowest BCUT2D eigenvalue weighted by atomic mass is 10.4. The maximum absolute atomic E-state index is 12.2. The zero-order valence-electron chi connectivity index (χ0n) is 8.48.